The molecule has 2 aromatic rings. The number of aromatic hydroxyl groups is 2. The third kappa shape index (κ3) is 2.17. The number of imide groups is 1. The maximum Gasteiger partial charge on any atom is 0.249 e. The summed E-state index contributed by atoms with van der Waals surface area (Å²) in [6.45, 7) is 0. The van der Waals surface area contributed by atoms with Crippen LogP contribution in [-0.4, -0.2) is 26.6 Å². The maximum atomic E-state index is 11.9. The summed E-state index contributed by atoms with van der Waals surface area (Å²) in [7, 11) is 0. The number of hydrogen-bond acceptors (Lipinski definition) is 6. The highest BCUT2D eigenvalue weighted by Gasteiger charge is 2.33. The number of halogens is 1. The molecular weight excluding hydrogens is 314 g/mol. The van der Waals surface area contributed by atoms with Gasteiger partial charge in [0.1, 0.15) is 11.7 Å². The Morgan fingerprint density at radius 1 is 1.23 bits per heavy atom. The summed E-state index contributed by atoms with van der Waals surface area (Å²) < 4.78 is 1.01. The Morgan fingerprint density at radius 2 is 1.95 bits per heavy atom. The Balaban J connectivity index is 0.00000176. The van der Waals surface area contributed by atoms with Gasteiger partial charge in [0.25, 0.3) is 0 Å². The van der Waals surface area contributed by atoms with Crippen LogP contribution in [0.2, 0.25) is 0 Å². The van der Waals surface area contributed by atoms with Crippen molar-refractivity contribution in [2.24, 2.45) is 5.18 Å². The molecule has 0 saturated carbocycles. The van der Waals surface area contributed by atoms with Gasteiger partial charge in [-0.3, -0.25) is 19.5 Å². The van der Waals surface area contributed by atoms with Crippen LogP contribution in [0.25, 0.3) is 10.8 Å². The first-order valence-electron chi connectivity index (χ1n) is 6.26. The third-order valence-electron chi connectivity index (χ3n) is 3.58. The van der Waals surface area contributed by atoms with Gasteiger partial charge in [-0.1, -0.05) is 6.07 Å². The molecule has 1 fully saturated rings. The molecule has 8 nitrogen and oxygen atoms in total. The van der Waals surface area contributed by atoms with E-state index in [1.54, 1.807) is 0 Å². The van der Waals surface area contributed by atoms with Crippen molar-refractivity contribution in [3.8, 4) is 11.8 Å². The molecule has 1 aromatic heterocycles. The zero-order valence-corrected chi connectivity index (χ0v) is 12.0. The molecule has 0 radical (unpaired) electrons. The molecule has 9 heteroatoms. The van der Waals surface area contributed by atoms with Gasteiger partial charge in [0, 0.05) is 11.8 Å². The monoisotopic (exact) mass is 325 g/mol. The fraction of sp³-hybridized carbons (Fsp3) is 0.231. The number of amides is 2. The highest BCUT2D eigenvalue weighted by atomic mass is 35.5. The summed E-state index contributed by atoms with van der Waals surface area (Å²) in [5.41, 5.74) is -0.0358. The van der Waals surface area contributed by atoms with Gasteiger partial charge >= 0.3 is 0 Å². The molecule has 22 heavy (non-hydrogen) atoms. The number of nitrogens with zero attached hydrogens (tertiary/aromatic N) is 2. The Morgan fingerprint density at radius 3 is 2.59 bits per heavy atom. The van der Waals surface area contributed by atoms with Gasteiger partial charge in [0.05, 0.1) is 5.39 Å². The van der Waals surface area contributed by atoms with E-state index in [4.69, 9.17) is 0 Å². The minimum absolute atomic E-state index is 0. The van der Waals surface area contributed by atoms with E-state index in [1.807, 2.05) is 0 Å². The molecule has 2 amide bonds. The molecule has 1 aliphatic heterocycles. The number of fused-ring (bicyclic) bond motifs is 1. The molecular formula is C13H12ClN3O5. The van der Waals surface area contributed by atoms with Crippen molar-refractivity contribution < 1.29 is 19.8 Å². The van der Waals surface area contributed by atoms with Gasteiger partial charge in [-0.15, -0.1) is 17.3 Å². The molecule has 3 N–H and O–H groups in total. The van der Waals surface area contributed by atoms with Gasteiger partial charge in [0.15, 0.2) is 0 Å². The Kier molecular flexibility index (Phi) is 4.05. The molecule has 1 unspecified atom stereocenters. The van der Waals surface area contributed by atoms with Crippen molar-refractivity contribution in [1.29, 1.82) is 0 Å². The molecule has 116 valence electrons. The number of rotatable bonds is 2. The Labute approximate surface area is 130 Å². The molecule has 1 aromatic carbocycles. The van der Waals surface area contributed by atoms with E-state index in [0.29, 0.717) is 0 Å². The van der Waals surface area contributed by atoms with Crippen molar-refractivity contribution in [3.05, 3.63) is 23.1 Å². The largest absolute Gasteiger partial charge is 0.494 e. The van der Waals surface area contributed by atoms with Crippen molar-refractivity contribution in [3.63, 3.8) is 0 Å². The van der Waals surface area contributed by atoms with Crippen molar-refractivity contribution in [2.45, 2.75) is 18.9 Å². The fourth-order valence-electron chi connectivity index (χ4n) is 2.61. The van der Waals surface area contributed by atoms with E-state index >= 15 is 0 Å². The summed E-state index contributed by atoms with van der Waals surface area (Å²) in [4.78, 5) is 33.9. The molecule has 0 spiro atoms. The first-order chi connectivity index (χ1) is 10.0. The first-order valence-corrected chi connectivity index (χ1v) is 6.26. The average Bonchev–Trinajstić information content (AvgIpc) is 2.72. The van der Waals surface area contributed by atoms with Crippen LogP contribution in [0.4, 0.5) is 5.69 Å². The Hall–Kier alpha value is -2.61. The van der Waals surface area contributed by atoms with E-state index in [2.05, 4.69) is 10.5 Å². The summed E-state index contributed by atoms with van der Waals surface area (Å²) in [5, 5.41) is 25.7. The molecule has 2 heterocycles. The lowest BCUT2D eigenvalue weighted by atomic mass is 10.1. The number of piperidine rings is 1. The highest BCUT2D eigenvalue weighted by Crippen LogP contribution is 2.44. The van der Waals surface area contributed by atoms with Crippen molar-refractivity contribution in [2.75, 3.05) is 0 Å². The van der Waals surface area contributed by atoms with Crippen LogP contribution >= 0.6 is 12.4 Å². The number of carbonyl (C=O) groups is 2. The number of benzene rings is 1. The normalized spacial score (nSPS) is 17.9. The fourth-order valence-corrected chi connectivity index (χ4v) is 2.61. The molecule has 1 aliphatic rings. The van der Waals surface area contributed by atoms with Gasteiger partial charge in [0.2, 0.25) is 23.6 Å². The zero-order chi connectivity index (χ0) is 15.1. The minimum atomic E-state index is -0.922. The van der Waals surface area contributed by atoms with Crippen LogP contribution in [0.3, 0.4) is 0 Å². The number of nitrogens with one attached hydrogen (secondary N) is 1. The molecule has 1 saturated heterocycles. The summed E-state index contributed by atoms with van der Waals surface area (Å²) in [5.74, 6) is -1.78. The smallest absolute Gasteiger partial charge is 0.249 e. The van der Waals surface area contributed by atoms with E-state index in [9.17, 15) is 24.7 Å². The number of hydrogen-bond donors (Lipinski definition) is 3. The second-order valence-corrected chi connectivity index (χ2v) is 4.78. The van der Waals surface area contributed by atoms with Crippen molar-refractivity contribution in [1.82, 2.24) is 9.88 Å². The topological polar surface area (TPSA) is 121 Å². The van der Waals surface area contributed by atoms with Crippen LogP contribution in [0.15, 0.2) is 23.4 Å². The molecule has 1 atom stereocenters. The van der Waals surface area contributed by atoms with Gasteiger partial charge in [-0.2, -0.15) is 0 Å². The predicted molar refractivity (Wildman–Crippen MR) is 79.4 cm³/mol. The minimum Gasteiger partial charge on any atom is -0.494 e. The van der Waals surface area contributed by atoms with Crippen LogP contribution < -0.4 is 5.32 Å². The van der Waals surface area contributed by atoms with Crippen LogP contribution in [0.1, 0.15) is 18.9 Å². The SMILES string of the molecule is Cl.O=Nc1cccc2c(O)n(C3CCC(=O)NC3=O)c(O)c12. The van der Waals surface area contributed by atoms with Crippen molar-refractivity contribution >= 4 is 40.7 Å². The van der Waals surface area contributed by atoms with Crippen LogP contribution in [0.5, 0.6) is 11.8 Å². The van der Waals surface area contributed by atoms with Gasteiger partial charge < -0.3 is 10.2 Å². The average molecular weight is 326 g/mol. The van der Waals surface area contributed by atoms with Gasteiger partial charge in [-0.05, 0) is 23.7 Å². The number of aromatic nitrogens is 1. The quantitative estimate of drug-likeness (QED) is 0.574. The molecule has 0 bridgehead atoms. The third-order valence-corrected chi connectivity index (χ3v) is 3.58. The highest BCUT2D eigenvalue weighted by molar-refractivity contribution is 6.03. The van der Waals surface area contributed by atoms with Crippen LogP contribution in [0, 0.1) is 4.91 Å². The molecule has 3 rings (SSSR count). The lowest BCUT2D eigenvalue weighted by Gasteiger charge is -2.23. The lowest BCUT2D eigenvalue weighted by molar-refractivity contribution is -0.135. The zero-order valence-electron chi connectivity index (χ0n) is 11.1. The number of carbonyl (C=O) groups excluding carboxylic acids is 2. The van der Waals surface area contributed by atoms with E-state index in [-0.39, 0.29) is 47.6 Å². The molecule has 0 aliphatic carbocycles. The maximum absolute atomic E-state index is 11.9. The second kappa shape index (κ2) is 5.64. The lowest BCUT2D eigenvalue weighted by Crippen LogP contribution is -2.41. The number of nitroso groups, excluding NO2 is 1. The first kappa shape index (κ1) is 15.8. The Bertz CT molecular complexity index is 786. The van der Waals surface area contributed by atoms with Gasteiger partial charge in [-0.25, -0.2) is 0 Å². The standard InChI is InChI=1S/C13H11N3O5.ClH/c17-9-5-4-8(11(18)14-9)16-12(19)6-2-1-3-7(15-21)10(6)13(16)20;/h1-3,8,19-20H,4-5H2,(H,14,17,18);1H. The second-order valence-electron chi connectivity index (χ2n) is 4.78. The predicted octanol–water partition coefficient (Wildman–Crippen LogP) is 1.85. The van der Waals surface area contributed by atoms with E-state index in [1.165, 1.54) is 18.2 Å². The summed E-state index contributed by atoms with van der Waals surface area (Å²) >= 11 is 0. The summed E-state index contributed by atoms with van der Waals surface area (Å²) in [6.07, 6.45) is 0.249. The van der Waals surface area contributed by atoms with E-state index in [0.717, 1.165) is 4.57 Å². The van der Waals surface area contributed by atoms with Crippen LogP contribution in [-0.2, 0) is 9.59 Å². The summed E-state index contributed by atoms with van der Waals surface area (Å²) in [6, 6.07) is 3.48. The van der Waals surface area contributed by atoms with E-state index < -0.39 is 23.7 Å².